The number of aromatic nitrogens is 1. The first-order valence-electron chi connectivity index (χ1n) is 5.74. The third-order valence-corrected chi connectivity index (χ3v) is 4.06. The third kappa shape index (κ3) is 3.82. The van der Waals surface area contributed by atoms with Crippen molar-refractivity contribution in [2.75, 3.05) is 7.11 Å². The van der Waals surface area contributed by atoms with E-state index in [1.165, 1.54) is 0 Å². The largest absolute Gasteiger partial charge is 0.497 e. The molecule has 5 nitrogen and oxygen atoms in total. The van der Waals surface area contributed by atoms with Crippen LogP contribution >= 0.6 is 0 Å². The maximum absolute atomic E-state index is 12.0. The Bertz CT molecular complexity index is 661. The molecule has 0 saturated carbocycles. The summed E-state index contributed by atoms with van der Waals surface area (Å²) in [6, 6.07) is 8.64. The fraction of sp³-hybridized carbons (Fsp3) is 0.308. The molecule has 19 heavy (non-hydrogen) atoms. The lowest BCUT2D eigenvalue weighted by Gasteiger charge is -2.05. The van der Waals surface area contributed by atoms with Crippen molar-refractivity contribution in [1.29, 1.82) is 0 Å². The minimum Gasteiger partial charge on any atom is -0.497 e. The predicted octanol–water partition coefficient (Wildman–Crippen LogP) is 2.11. The van der Waals surface area contributed by atoms with Crippen LogP contribution in [-0.4, -0.2) is 20.7 Å². The van der Waals surface area contributed by atoms with Crippen molar-refractivity contribution in [3.8, 4) is 5.75 Å². The van der Waals surface area contributed by atoms with Crippen LogP contribution in [0.15, 0.2) is 34.9 Å². The van der Waals surface area contributed by atoms with E-state index in [1.807, 2.05) is 0 Å². The summed E-state index contributed by atoms with van der Waals surface area (Å²) in [6.07, 6.45) is 0. The summed E-state index contributed by atoms with van der Waals surface area (Å²) < 4.78 is 34.1. The van der Waals surface area contributed by atoms with Gasteiger partial charge in [-0.15, -0.1) is 0 Å². The van der Waals surface area contributed by atoms with Gasteiger partial charge in [0.05, 0.1) is 18.6 Å². The van der Waals surface area contributed by atoms with Crippen LogP contribution in [-0.2, 0) is 21.3 Å². The molecule has 102 valence electrons. The van der Waals surface area contributed by atoms with E-state index in [2.05, 4.69) is 5.16 Å². The second kappa shape index (κ2) is 5.44. The average Bonchev–Trinajstić information content (AvgIpc) is 2.73. The number of methoxy groups -OCH3 is 1. The maximum Gasteiger partial charge on any atom is 0.161 e. The Kier molecular flexibility index (Phi) is 3.90. The van der Waals surface area contributed by atoms with Crippen molar-refractivity contribution in [3.05, 3.63) is 47.3 Å². The molecular weight excluding hydrogens is 266 g/mol. The zero-order valence-corrected chi connectivity index (χ0v) is 11.6. The van der Waals surface area contributed by atoms with Gasteiger partial charge in [-0.1, -0.05) is 17.3 Å². The minimum absolute atomic E-state index is 0.0516. The van der Waals surface area contributed by atoms with Gasteiger partial charge in [0.2, 0.25) is 0 Å². The average molecular weight is 281 g/mol. The molecule has 0 unspecified atom stereocenters. The molecule has 0 aliphatic rings. The Labute approximate surface area is 112 Å². The molecule has 0 N–H and O–H groups in total. The maximum atomic E-state index is 12.0. The topological polar surface area (TPSA) is 69.4 Å². The molecule has 0 aliphatic heterocycles. The highest BCUT2D eigenvalue weighted by atomic mass is 32.2. The molecule has 0 amide bonds. The van der Waals surface area contributed by atoms with E-state index in [1.54, 1.807) is 44.4 Å². The molecular formula is C13H15NO4S. The molecule has 1 aromatic carbocycles. The smallest absolute Gasteiger partial charge is 0.161 e. The van der Waals surface area contributed by atoms with E-state index in [0.717, 1.165) is 0 Å². The minimum atomic E-state index is -3.29. The van der Waals surface area contributed by atoms with Crippen LogP contribution in [0.4, 0.5) is 0 Å². The van der Waals surface area contributed by atoms with Crippen molar-refractivity contribution in [1.82, 2.24) is 5.16 Å². The second-order valence-corrected chi connectivity index (χ2v) is 6.38. The molecule has 0 radical (unpaired) electrons. The highest BCUT2D eigenvalue weighted by Gasteiger charge is 2.16. The first kappa shape index (κ1) is 13.6. The summed E-state index contributed by atoms with van der Waals surface area (Å²) in [5, 5.41) is 3.68. The van der Waals surface area contributed by atoms with E-state index in [4.69, 9.17) is 9.26 Å². The highest BCUT2D eigenvalue weighted by Crippen LogP contribution is 2.17. The van der Waals surface area contributed by atoms with Gasteiger partial charge in [-0.2, -0.15) is 0 Å². The Morgan fingerprint density at radius 2 is 2.05 bits per heavy atom. The molecule has 0 aliphatic carbocycles. The van der Waals surface area contributed by atoms with E-state index >= 15 is 0 Å². The molecule has 0 saturated heterocycles. The summed E-state index contributed by atoms with van der Waals surface area (Å²) in [5.41, 5.74) is 1.36. The van der Waals surface area contributed by atoms with Crippen LogP contribution in [0.3, 0.4) is 0 Å². The monoisotopic (exact) mass is 281 g/mol. The summed E-state index contributed by atoms with van der Waals surface area (Å²) in [4.78, 5) is 0. The van der Waals surface area contributed by atoms with Crippen LogP contribution in [0.5, 0.6) is 5.75 Å². The number of nitrogens with zero attached hydrogens (tertiary/aromatic N) is 1. The van der Waals surface area contributed by atoms with Crippen molar-refractivity contribution >= 4 is 9.84 Å². The Hall–Kier alpha value is -1.82. The van der Waals surface area contributed by atoms with Gasteiger partial charge in [-0.3, -0.25) is 0 Å². The number of ether oxygens (including phenoxy) is 1. The highest BCUT2D eigenvalue weighted by molar-refractivity contribution is 7.89. The van der Waals surface area contributed by atoms with E-state index in [9.17, 15) is 8.42 Å². The molecule has 0 spiro atoms. The molecule has 2 aromatic rings. The van der Waals surface area contributed by atoms with Crippen LogP contribution in [0, 0.1) is 6.92 Å². The van der Waals surface area contributed by atoms with Crippen molar-refractivity contribution in [3.63, 3.8) is 0 Å². The SMILES string of the molecule is COc1cccc(CS(=O)(=O)Cc2cc(C)no2)c1. The van der Waals surface area contributed by atoms with E-state index in [-0.39, 0.29) is 11.5 Å². The molecule has 0 bridgehead atoms. The first-order chi connectivity index (χ1) is 8.98. The molecule has 1 aromatic heterocycles. The van der Waals surface area contributed by atoms with E-state index < -0.39 is 9.84 Å². The molecule has 6 heteroatoms. The van der Waals surface area contributed by atoms with Gasteiger partial charge < -0.3 is 9.26 Å². The van der Waals surface area contributed by atoms with Crippen molar-refractivity contribution < 1.29 is 17.7 Å². The van der Waals surface area contributed by atoms with Crippen molar-refractivity contribution in [2.24, 2.45) is 0 Å². The zero-order valence-electron chi connectivity index (χ0n) is 10.8. The summed E-state index contributed by atoms with van der Waals surface area (Å²) in [5.74, 6) is 0.804. The number of benzene rings is 1. The van der Waals surface area contributed by atoms with Gasteiger partial charge in [-0.05, 0) is 24.6 Å². The fourth-order valence-corrected chi connectivity index (χ4v) is 3.13. The van der Waals surface area contributed by atoms with Crippen LogP contribution in [0.2, 0.25) is 0 Å². The quantitative estimate of drug-likeness (QED) is 0.839. The van der Waals surface area contributed by atoms with Gasteiger partial charge in [0.25, 0.3) is 0 Å². The Balaban J connectivity index is 2.12. The normalized spacial score (nSPS) is 11.5. The number of hydrogen-bond acceptors (Lipinski definition) is 5. The first-order valence-corrected chi connectivity index (χ1v) is 7.56. The van der Waals surface area contributed by atoms with Gasteiger partial charge in [-0.25, -0.2) is 8.42 Å². The summed E-state index contributed by atoms with van der Waals surface area (Å²) >= 11 is 0. The van der Waals surface area contributed by atoms with Crippen molar-refractivity contribution in [2.45, 2.75) is 18.4 Å². The molecule has 0 fully saturated rings. The molecule has 2 rings (SSSR count). The molecule has 1 heterocycles. The Morgan fingerprint density at radius 3 is 2.68 bits per heavy atom. The van der Waals surface area contributed by atoms with Crippen LogP contribution in [0.25, 0.3) is 0 Å². The van der Waals surface area contributed by atoms with Crippen LogP contribution < -0.4 is 4.74 Å². The number of aryl methyl sites for hydroxylation is 1. The second-order valence-electron chi connectivity index (χ2n) is 4.32. The number of rotatable bonds is 5. The lowest BCUT2D eigenvalue weighted by atomic mass is 10.2. The standard InChI is InChI=1S/C13H15NO4S/c1-10-6-13(18-14-10)9-19(15,16)8-11-4-3-5-12(7-11)17-2/h3-7H,8-9H2,1-2H3. The van der Waals surface area contributed by atoms with E-state index in [0.29, 0.717) is 22.8 Å². The number of hydrogen-bond donors (Lipinski definition) is 0. The summed E-state index contributed by atoms with van der Waals surface area (Å²) in [6.45, 7) is 1.75. The predicted molar refractivity (Wildman–Crippen MR) is 70.6 cm³/mol. The van der Waals surface area contributed by atoms with Gasteiger partial charge in [0.15, 0.2) is 15.6 Å². The van der Waals surface area contributed by atoms with Gasteiger partial charge in [0.1, 0.15) is 11.5 Å². The third-order valence-electron chi connectivity index (χ3n) is 2.56. The van der Waals surface area contributed by atoms with Crippen LogP contribution in [0.1, 0.15) is 17.0 Å². The van der Waals surface area contributed by atoms with Gasteiger partial charge in [0, 0.05) is 6.07 Å². The lowest BCUT2D eigenvalue weighted by molar-refractivity contribution is 0.388. The number of sulfone groups is 1. The lowest BCUT2D eigenvalue weighted by Crippen LogP contribution is -2.07. The Morgan fingerprint density at radius 1 is 1.26 bits per heavy atom. The summed E-state index contributed by atoms with van der Waals surface area (Å²) in [7, 11) is -1.74. The zero-order chi connectivity index (χ0) is 13.9. The molecule has 0 atom stereocenters. The van der Waals surface area contributed by atoms with Gasteiger partial charge >= 0.3 is 0 Å². The fourth-order valence-electron chi connectivity index (χ4n) is 1.77.